The number of aromatic nitrogens is 2. The molecule has 0 aromatic carbocycles. The number of carbonyl (C=O) groups excluding carboxylic acids is 2. The molecule has 0 bridgehead atoms. The van der Waals surface area contributed by atoms with E-state index in [1.807, 2.05) is 11.8 Å². The normalized spacial score (nSPS) is 18.2. The number of rotatable bonds is 2. The third kappa shape index (κ3) is 3.06. The minimum Gasteiger partial charge on any atom is -0.468 e. The first-order chi connectivity index (χ1) is 12.1. The topological polar surface area (TPSA) is 79.5 Å². The first-order valence-corrected chi connectivity index (χ1v) is 9.39. The van der Waals surface area contributed by atoms with Gasteiger partial charge in [0.05, 0.1) is 11.1 Å². The van der Waals surface area contributed by atoms with Crippen LogP contribution in [0.15, 0.2) is 10.7 Å². The summed E-state index contributed by atoms with van der Waals surface area (Å²) in [7, 11) is 0. The van der Waals surface area contributed by atoms with Gasteiger partial charge in [0.25, 0.3) is 5.91 Å². The van der Waals surface area contributed by atoms with Gasteiger partial charge in [-0.1, -0.05) is 0 Å². The van der Waals surface area contributed by atoms with Crippen molar-refractivity contribution in [3.05, 3.63) is 29.0 Å². The Hall–Kier alpha value is -2.22. The fourth-order valence-corrected chi connectivity index (χ4v) is 4.20. The predicted molar refractivity (Wildman–Crippen MR) is 93.4 cm³/mol. The molecule has 0 saturated carbocycles. The van der Waals surface area contributed by atoms with Gasteiger partial charge in [0.1, 0.15) is 17.8 Å². The van der Waals surface area contributed by atoms with E-state index in [9.17, 15) is 9.59 Å². The maximum absolute atomic E-state index is 12.9. The van der Waals surface area contributed by atoms with Gasteiger partial charge in [-0.05, 0) is 19.8 Å². The number of nitrogens with zero attached hydrogens (tertiary/aromatic N) is 4. The molecule has 0 radical (unpaired) electrons. The van der Waals surface area contributed by atoms with Crippen molar-refractivity contribution in [2.45, 2.75) is 32.6 Å². The van der Waals surface area contributed by atoms with Crippen LogP contribution in [0.1, 0.15) is 51.6 Å². The molecular weight excluding hydrogens is 340 g/mol. The lowest BCUT2D eigenvalue weighted by atomic mass is 9.94. The van der Waals surface area contributed by atoms with Crippen LogP contribution in [-0.4, -0.2) is 52.1 Å². The molecule has 3 heterocycles. The highest BCUT2D eigenvalue weighted by molar-refractivity contribution is 7.09. The lowest BCUT2D eigenvalue weighted by molar-refractivity contribution is 0.0760. The molecule has 132 valence electrons. The van der Waals surface area contributed by atoms with Gasteiger partial charge in [0.2, 0.25) is 5.13 Å². The van der Waals surface area contributed by atoms with E-state index >= 15 is 0 Å². The molecule has 0 unspecified atom stereocenters. The molecule has 2 aromatic rings. The van der Waals surface area contributed by atoms with Crippen LogP contribution in [0.25, 0.3) is 0 Å². The van der Waals surface area contributed by atoms with Gasteiger partial charge in [-0.3, -0.25) is 9.59 Å². The summed E-state index contributed by atoms with van der Waals surface area (Å²) in [6, 6.07) is 0. The maximum Gasteiger partial charge on any atom is 0.257 e. The van der Waals surface area contributed by atoms with Crippen LogP contribution in [-0.2, 0) is 6.42 Å². The minimum atomic E-state index is -0.101. The number of hydrogen-bond donors (Lipinski definition) is 0. The molecule has 2 aliphatic rings. The van der Waals surface area contributed by atoms with Crippen LogP contribution in [0.3, 0.4) is 0 Å². The van der Waals surface area contributed by atoms with Crippen molar-refractivity contribution < 1.29 is 14.0 Å². The Morgan fingerprint density at radius 1 is 1.20 bits per heavy atom. The second-order valence-corrected chi connectivity index (χ2v) is 7.21. The first kappa shape index (κ1) is 16.3. The van der Waals surface area contributed by atoms with Gasteiger partial charge in [-0.25, -0.2) is 4.98 Å². The largest absolute Gasteiger partial charge is 0.468 e. The Bertz CT molecular complexity index is 813. The number of ketones is 1. The highest BCUT2D eigenvalue weighted by Crippen LogP contribution is 2.28. The third-order valence-corrected chi connectivity index (χ3v) is 5.62. The lowest BCUT2D eigenvalue weighted by Crippen LogP contribution is -2.35. The molecule has 1 amide bonds. The zero-order valence-electron chi connectivity index (χ0n) is 14.2. The minimum absolute atomic E-state index is 0.0270. The summed E-state index contributed by atoms with van der Waals surface area (Å²) < 4.78 is 9.73. The molecule has 1 aliphatic heterocycles. The van der Waals surface area contributed by atoms with E-state index in [2.05, 4.69) is 14.3 Å². The average Bonchev–Trinajstić information content (AvgIpc) is 3.15. The molecule has 25 heavy (non-hydrogen) atoms. The fraction of sp³-hybridized carbons (Fsp3) is 0.529. The van der Waals surface area contributed by atoms with Crippen LogP contribution in [0.2, 0.25) is 0 Å². The van der Waals surface area contributed by atoms with Crippen molar-refractivity contribution in [2.24, 2.45) is 0 Å². The zero-order valence-corrected chi connectivity index (χ0v) is 15.0. The van der Waals surface area contributed by atoms with Gasteiger partial charge < -0.3 is 14.2 Å². The first-order valence-electron chi connectivity index (χ1n) is 8.61. The molecule has 1 fully saturated rings. The molecule has 1 aliphatic carbocycles. The molecule has 0 N–H and O–H groups in total. The summed E-state index contributed by atoms with van der Waals surface area (Å²) in [5, 5.41) is 0.905. The Morgan fingerprint density at radius 2 is 2.08 bits per heavy atom. The second-order valence-electron chi connectivity index (χ2n) is 6.48. The summed E-state index contributed by atoms with van der Waals surface area (Å²) in [6.45, 7) is 4.72. The van der Waals surface area contributed by atoms with E-state index < -0.39 is 0 Å². The van der Waals surface area contributed by atoms with Crippen LogP contribution in [0.5, 0.6) is 0 Å². The van der Waals surface area contributed by atoms with Gasteiger partial charge in [0.15, 0.2) is 5.78 Å². The summed E-state index contributed by atoms with van der Waals surface area (Å²) >= 11 is 1.39. The quantitative estimate of drug-likeness (QED) is 0.818. The summed E-state index contributed by atoms with van der Waals surface area (Å²) in [4.78, 5) is 33.6. The van der Waals surface area contributed by atoms with Crippen molar-refractivity contribution in [2.75, 3.05) is 31.1 Å². The SMILES string of the molecule is Cc1nsc(N2CCCN(C(=O)c3coc4c3C(=O)CCC4)CC2)n1. The van der Waals surface area contributed by atoms with Gasteiger partial charge >= 0.3 is 0 Å². The van der Waals surface area contributed by atoms with Crippen LogP contribution in [0.4, 0.5) is 5.13 Å². The zero-order chi connectivity index (χ0) is 17.4. The summed E-state index contributed by atoms with van der Waals surface area (Å²) in [5.41, 5.74) is 0.942. The highest BCUT2D eigenvalue weighted by atomic mass is 32.1. The Kier molecular flexibility index (Phi) is 4.29. The van der Waals surface area contributed by atoms with Crippen LogP contribution in [0, 0.1) is 6.92 Å². The van der Waals surface area contributed by atoms with E-state index in [1.54, 1.807) is 0 Å². The van der Waals surface area contributed by atoms with Crippen molar-refractivity contribution in [1.29, 1.82) is 0 Å². The van der Waals surface area contributed by atoms with E-state index in [0.717, 1.165) is 36.8 Å². The van der Waals surface area contributed by atoms with Gasteiger partial charge in [-0.15, -0.1) is 0 Å². The highest BCUT2D eigenvalue weighted by Gasteiger charge is 2.31. The molecule has 0 atom stereocenters. The number of hydrogen-bond acceptors (Lipinski definition) is 7. The number of Topliss-reactive ketones (excluding diaryl/α,β-unsaturated/α-hetero) is 1. The Labute approximate surface area is 149 Å². The number of fused-ring (bicyclic) bond motifs is 1. The number of amides is 1. The molecule has 8 heteroatoms. The lowest BCUT2D eigenvalue weighted by Gasteiger charge is -2.21. The average molecular weight is 360 g/mol. The Morgan fingerprint density at radius 3 is 2.88 bits per heavy atom. The van der Waals surface area contributed by atoms with Crippen molar-refractivity contribution in [3.63, 3.8) is 0 Å². The molecule has 0 spiro atoms. The van der Waals surface area contributed by atoms with Gasteiger partial charge in [0, 0.05) is 50.6 Å². The fourth-order valence-electron chi connectivity index (χ4n) is 3.48. The third-order valence-electron chi connectivity index (χ3n) is 4.75. The number of aryl methyl sites for hydroxylation is 2. The van der Waals surface area contributed by atoms with Crippen molar-refractivity contribution in [1.82, 2.24) is 14.3 Å². The number of anilines is 1. The number of carbonyl (C=O) groups is 2. The van der Waals surface area contributed by atoms with E-state index in [1.165, 1.54) is 17.8 Å². The van der Waals surface area contributed by atoms with Crippen molar-refractivity contribution >= 4 is 28.4 Å². The van der Waals surface area contributed by atoms with Crippen LogP contribution >= 0.6 is 11.5 Å². The van der Waals surface area contributed by atoms with Gasteiger partial charge in [-0.2, -0.15) is 4.37 Å². The van der Waals surface area contributed by atoms with E-state index in [4.69, 9.17) is 4.42 Å². The smallest absolute Gasteiger partial charge is 0.257 e. The van der Waals surface area contributed by atoms with E-state index in [-0.39, 0.29) is 11.7 Å². The monoisotopic (exact) mass is 360 g/mol. The van der Waals surface area contributed by atoms with Crippen LogP contribution < -0.4 is 4.90 Å². The summed E-state index contributed by atoms with van der Waals surface area (Å²) in [5.74, 6) is 1.37. The van der Waals surface area contributed by atoms with Crippen molar-refractivity contribution in [3.8, 4) is 0 Å². The number of furan rings is 1. The molecule has 2 aromatic heterocycles. The molecular formula is C17H20N4O3S. The molecule has 1 saturated heterocycles. The Balaban J connectivity index is 1.50. The van der Waals surface area contributed by atoms with E-state index in [0.29, 0.717) is 42.9 Å². The molecule has 7 nitrogen and oxygen atoms in total. The molecule has 4 rings (SSSR count). The standard InChI is InChI=1S/C17H20N4O3S/c1-11-18-17(25-19-11)21-7-3-6-20(8-9-21)16(23)12-10-24-14-5-2-4-13(22)15(12)14/h10H,2-9H2,1H3. The second kappa shape index (κ2) is 6.59. The maximum atomic E-state index is 12.9. The predicted octanol–water partition coefficient (Wildman–Crippen LogP) is 2.31. The summed E-state index contributed by atoms with van der Waals surface area (Å²) in [6.07, 6.45) is 4.35.